The molecule has 0 aliphatic heterocycles. The van der Waals surface area contributed by atoms with Crippen LogP contribution in [0.25, 0.3) is 0 Å². The van der Waals surface area contributed by atoms with Crippen LogP contribution in [0.15, 0.2) is 0 Å². The zero-order chi connectivity index (χ0) is 9.78. The molecule has 0 radical (unpaired) electrons. The third kappa shape index (κ3) is 3.30. The molecular weight excluding hydrogens is 174 g/mol. The zero-order valence-corrected chi connectivity index (χ0v) is 9.48. The number of alkyl halides is 1. The largest absolute Gasteiger partial charge is 0.383 e. The van der Waals surface area contributed by atoms with Crippen LogP contribution in [0.4, 0.5) is 0 Å². The Morgan fingerprint density at radius 1 is 1.50 bits per heavy atom. The quantitative estimate of drug-likeness (QED) is 0.620. The van der Waals surface area contributed by atoms with Gasteiger partial charge < -0.3 is 4.74 Å². The van der Waals surface area contributed by atoms with E-state index in [2.05, 4.69) is 32.7 Å². The lowest BCUT2D eigenvalue weighted by atomic mass is 10.0. The van der Waals surface area contributed by atoms with Crippen LogP contribution in [-0.4, -0.2) is 43.1 Å². The fraction of sp³-hybridized carbons (Fsp3) is 1.00. The van der Waals surface area contributed by atoms with Gasteiger partial charge in [-0.3, -0.25) is 4.90 Å². The molecule has 0 spiro atoms. The van der Waals surface area contributed by atoms with Crippen molar-refractivity contribution in [1.29, 1.82) is 0 Å². The van der Waals surface area contributed by atoms with Crippen LogP contribution >= 0.6 is 11.6 Å². The van der Waals surface area contributed by atoms with Gasteiger partial charge in [-0.2, -0.15) is 0 Å². The van der Waals surface area contributed by atoms with E-state index < -0.39 is 0 Å². The highest BCUT2D eigenvalue weighted by Gasteiger charge is 2.25. The highest BCUT2D eigenvalue weighted by Crippen LogP contribution is 2.16. The van der Waals surface area contributed by atoms with E-state index in [1.807, 2.05) is 0 Å². The van der Waals surface area contributed by atoms with Crippen molar-refractivity contribution in [3.63, 3.8) is 0 Å². The Hall–Kier alpha value is 0.210. The zero-order valence-electron chi connectivity index (χ0n) is 8.72. The van der Waals surface area contributed by atoms with Gasteiger partial charge in [-0.15, -0.1) is 11.6 Å². The Labute approximate surface area is 80.8 Å². The summed E-state index contributed by atoms with van der Waals surface area (Å²) in [4.78, 5) is 2.24. The second-order valence-electron chi connectivity index (χ2n) is 3.86. The molecule has 74 valence electrons. The Balaban J connectivity index is 4.07. The fourth-order valence-electron chi connectivity index (χ4n) is 1.04. The number of nitrogens with zero attached hydrogens (tertiary/aromatic N) is 1. The van der Waals surface area contributed by atoms with Crippen molar-refractivity contribution in [3.05, 3.63) is 0 Å². The summed E-state index contributed by atoms with van der Waals surface area (Å²) >= 11 is 5.85. The van der Waals surface area contributed by atoms with Gasteiger partial charge in [-0.05, 0) is 27.8 Å². The first kappa shape index (κ1) is 12.2. The molecule has 0 rings (SSSR count). The molecule has 0 saturated heterocycles. The van der Waals surface area contributed by atoms with Crippen molar-refractivity contribution in [2.24, 2.45) is 0 Å². The van der Waals surface area contributed by atoms with E-state index in [1.165, 1.54) is 0 Å². The van der Waals surface area contributed by atoms with Gasteiger partial charge in [0.2, 0.25) is 0 Å². The van der Waals surface area contributed by atoms with Gasteiger partial charge in [0.1, 0.15) is 0 Å². The average molecular weight is 194 g/mol. The molecule has 1 atom stereocenters. The molecule has 12 heavy (non-hydrogen) atoms. The highest BCUT2D eigenvalue weighted by molar-refractivity contribution is 6.18. The summed E-state index contributed by atoms with van der Waals surface area (Å²) in [6.07, 6.45) is 0. The van der Waals surface area contributed by atoms with Crippen molar-refractivity contribution in [3.8, 4) is 0 Å². The number of rotatable bonds is 5. The molecule has 0 bridgehead atoms. The standard InChI is InChI=1S/C9H20ClNO/c1-8(6-12-5)11(4)9(2,3)7-10/h8H,6-7H2,1-5H3. The van der Waals surface area contributed by atoms with Gasteiger partial charge >= 0.3 is 0 Å². The summed E-state index contributed by atoms with van der Waals surface area (Å²) in [5, 5.41) is 0. The topological polar surface area (TPSA) is 12.5 Å². The first-order chi connectivity index (χ1) is 5.45. The number of ether oxygens (including phenoxy) is 1. The van der Waals surface area contributed by atoms with E-state index >= 15 is 0 Å². The van der Waals surface area contributed by atoms with Gasteiger partial charge in [0.25, 0.3) is 0 Å². The normalized spacial score (nSPS) is 15.2. The van der Waals surface area contributed by atoms with Crippen LogP contribution in [0.2, 0.25) is 0 Å². The lowest BCUT2D eigenvalue weighted by molar-refractivity contribution is 0.0630. The molecule has 0 fully saturated rings. The molecule has 0 aromatic carbocycles. The summed E-state index contributed by atoms with van der Waals surface area (Å²) in [5.41, 5.74) is 0.0412. The molecule has 0 aromatic heterocycles. The van der Waals surface area contributed by atoms with Crippen LogP contribution in [0, 0.1) is 0 Å². The van der Waals surface area contributed by atoms with Crippen LogP contribution in [-0.2, 0) is 4.74 Å². The Bertz CT molecular complexity index is 128. The molecule has 0 N–H and O–H groups in total. The molecule has 0 saturated carbocycles. The predicted molar refractivity (Wildman–Crippen MR) is 53.9 cm³/mol. The average Bonchev–Trinajstić information content (AvgIpc) is 2.03. The van der Waals surface area contributed by atoms with Crippen molar-refractivity contribution in [2.45, 2.75) is 32.4 Å². The Morgan fingerprint density at radius 3 is 2.33 bits per heavy atom. The molecule has 2 nitrogen and oxygen atoms in total. The van der Waals surface area contributed by atoms with Crippen LogP contribution < -0.4 is 0 Å². The fourth-order valence-corrected chi connectivity index (χ4v) is 1.23. The number of halogens is 1. The van der Waals surface area contributed by atoms with Gasteiger partial charge in [-0.1, -0.05) is 0 Å². The Kier molecular flexibility index (Phi) is 5.14. The predicted octanol–water partition coefficient (Wildman–Crippen LogP) is 1.97. The second kappa shape index (κ2) is 5.05. The Morgan fingerprint density at radius 2 is 2.00 bits per heavy atom. The SMILES string of the molecule is COCC(C)N(C)C(C)(C)CCl. The van der Waals surface area contributed by atoms with Gasteiger partial charge in [0, 0.05) is 24.6 Å². The second-order valence-corrected chi connectivity index (χ2v) is 4.13. The molecule has 0 aromatic rings. The van der Waals surface area contributed by atoms with Crippen molar-refractivity contribution < 1.29 is 4.74 Å². The smallest absolute Gasteiger partial charge is 0.0615 e. The van der Waals surface area contributed by atoms with Crippen LogP contribution in [0.5, 0.6) is 0 Å². The maximum atomic E-state index is 5.85. The van der Waals surface area contributed by atoms with Gasteiger partial charge in [0.05, 0.1) is 6.61 Å². The molecule has 0 aliphatic carbocycles. The number of hydrogen-bond donors (Lipinski definition) is 0. The van der Waals surface area contributed by atoms with E-state index in [4.69, 9.17) is 16.3 Å². The summed E-state index contributed by atoms with van der Waals surface area (Å²) in [6.45, 7) is 7.15. The molecule has 0 heterocycles. The minimum atomic E-state index is 0.0412. The minimum absolute atomic E-state index is 0.0412. The van der Waals surface area contributed by atoms with Crippen LogP contribution in [0.3, 0.4) is 0 Å². The van der Waals surface area contributed by atoms with E-state index in [0.717, 1.165) is 6.61 Å². The summed E-state index contributed by atoms with van der Waals surface area (Å²) in [6, 6.07) is 0.406. The number of hydrogen-bond acceptors (Lipinski definition) is 2. The minimum Gasteiger partial charge on any atom is -0.383 e. The molecule has 0 aliphatic rings. The first-order valence-electron chi connectivity index (χ1n) is 4.23. The van der Waals surface area contributed by atoms with Gasteiger partial charge in [0.15, 0.2) is 0 Å². The number of methoxy groups -OCH3 is 1. The van der Waals surface area contributed by atoms with Crippen molar-refractivity contribution >= 4 is 11.6 Å². The lowest BCUT2D eigenvalue weighted by Crippen LogP contribution is -2.49. The third-order valence-electron chi connectivity index (χ3n) is 2.35. The maximum absolute atomic E-state index is 5.85. The van der Waals surface area contributed by atoms with E-state index in [-0.39, 0.29) is 5.54 Å². The van der Waals surface area contributed by atoms with E-state index in [1.54, 1.807) is 7.11 Å². The third-order valence-corrected chi connectivity index (χ3v) is 3.00. The first-order valence-corrected chi connectivity index (χ1v) is 4.77. The molecular formula is C9H20ClNO. The molecule has 3 heteroatoms. The summed E-state index contributed by atoms with van der Waals surface area (Å²) < 4.78 is 5.08. The van der Waals surface area contributed by atoms with Crippen LogP contribution in [0.1, 0.15) is 20.8 Å². The van der Waals surface area contributed by atoms with Gasteiger partial charge in [-0.25, -0.2) is 0 Å². The summed E-state index contributed by atoms with van der Waals surface area (Å²) in [7, 11) is 3.80. The molecule has 1 unspecified atom stereocenters. The lowest BCUT2D eigenvalue weighted by Gasteiger charge is -2.38. The van der Waals surface area contributed by atoms with Crippen molar-refractivity contribution in [1.82, 2.24) is 4.90 Å². The maximum Gasteiger partial charge on any atom is 0.0615 e. The highest BCUT2D eigenvalue weighted by atomic mass is 35.5. The monoisotopic (exact) mass is 193 g/mol. The van der Waals surface area contributed by atoms with Crippen molar-refractivity contribution in [2.75, 3.05) is 26.6 Å². The summed E-state index contributed by atoms with van der Waals surface area (Å²) in [5.74, 6) is 0.636. The van der Waals surface area contributed by atoms with E-state index in [0.29, 0.717) is 11.9 Å². The number of likely N-dealkylation sites (N-methyl/N-ethyl adjacent to an activating group) is 1. The van der Waals surface area contributed by atoms with E-state index in [9.17, 15) is 0 Å². The molecule has 0 amide bonds.